The number of nitrogens with zero attached hydrogens (tertiary/aromatic N) is 2. The van der Waals surface area contributed by atoms with Crippen molar-refractivity contribution in [2.45, 2.75) is 13.5 Å². The Morgan fingerprint density at radius 1 is 1.00 bits per heavy atom. The summed E-state index contributed by atoms with van der Waals surface area (Å²) in [5, 5.41) is 3.62. The largest absolute Gasteiger partial charge is 0.343 e. The molecular weight excluding hydrogens is 449 g/mol. The van der Waals surface area contributed by atoms with Gasteiger partial charge >= 0.3 is 0 Å². The maximum atomic E-state index is 13.5. The molecule has 0 saturated carbocycles. The highest BCUT2D eigenvalue weighted by Crippen LogP contribution is 2.25. The third kappa shape index (κ3) is 4.13. The highest BCUT2D eigenvalue weighted by Gasteiger charge is 2.34. The smallest absolute Gasteiger partial charge is 0.270 e. The Hall–Kier alpha value is -4.10. The van der Waals surface area contributed by atoms with Crippen LogP contribution in [0.15, 0.2) is 84.6 Å². The number of carbonyl (C=O) groups excluding carboxylic acids is 2. The van der Waals surface area contributed by atoms with Gasteiger partial charge in [-0.05, 0) is 84.4 Å². The topological polar surface area (TPSA) is 54.3 Å². The molecule has 7 heteroatoms. The van der Waals surface area contributed by atoms with Crippen LogP contribution in [0.3, 0.4) is 0 Å². The Morgan fingerprint density at radius 3 is 2.62 bits per heavy atom. The summed E-state index contributed by atoms with van der Waals surface area (Å²) in [6.07, 6.45) is 3.51. The summed E-state index contributed by atoms with van der Waals surface area (Å²) in [6.45, 7) is 2.46. The van der Waals surface area contributed by atoms with E-state index in [1.165, 1.54) is 17.0 Å². The molecule has 1 aliphatic rings. The molecule has 2 amide bonds. The van der Waals surface area contributed by atoms with E-state index in [0.717, 1.165) is 22.0 Å². The minimum atomic E-state index is -0.525. The van der Waals surface area contributed by atoms with Crippen molar-refractivity contribution in [2.24, 2.45) is 0 Å². The first-order valence-corrected chi connectivity index (χ1v) is 11.1. The van der Waals surface area contributed by atoms with Gasteiger partial charge in [-0.25, -0.2) is 4.39 Å². The van der Waals surface area contributed by atoms with Crippen LogP contribution in [-0.2, 0) is 16.1 Å². The fourth-order valence-electron chi connectivity index (χ4n) is 4.10. The van der Waals surface area contributed by atoms with Gasteiger partial charge in [0.25, 0.3) is 11.8 Å². The third-order valence-electron chi connectivity index (χ3n) is 5.71. The molecule has 0 aliphatic carbocycles. The summed E-state index contributed by atoms with van der Waals surface area (Å²) < 4.78 is 15.6. The monoisotopic (exact) mass is 469 g/mol. The number of nitrogens with one attached hydrogen (secondary N) is 1. The lowest BCUT2D eigenvalue weighted by Crippen LogP contribution is -2.54. The Labute approximate surface area is 201 Å². The van der Waals surface area contributed by atoms with Crippen molar-refractivity contribution in [3.05, 3.63) is 107 Å². The van der Waals surface area contributed by atoms with Crippen LogP contribution in [-0.4, -0.2) is 21.5 Å². The number of benzene rings is 3. The predicted octanol–water partition coefficient (Wildman–Crippen LogP) is 4.97. The number of anilines is 1. The number of rotatable bonds is 4. The van der Waals surface area contributed by atoms with Crippen LogP contribution in [0.4, 0.5) is 10.1 Å². The van der Waals surface area contributed by atoms with Gasteiger partial charge in [0.2, 0.25) is 0 Å². The van der Waals surface area contributed by atoms with Crippen molar-refractivity contribution >= 4 is 51.8 Å². The van der Waals surface area contributed by atoms with Gasteiger partial charge in [0.1, 0.15) is 11.4 Å². The first kappa shape index (κ1) is 21.7. The fourth-order valence-corrected chi connectivity index (χ4v) is 4.38. The average Bonchev–Trinajstić information content (AvgIpc) is 3.18. The molecule has 1 aromatic heterocycles. The van der Waals surface area contributed by atoms with Crippen LogP contribution in [0, 0.1) is 12.7 Å². The maximum Gasteiger partial charge on any atom is 0.270 e. The zero-order valence-electron chi connectivity index (χ0n) is 18.3. The third-order valence-corrected chi connectivity index (χ3v) is 5.99. The van der Waals surface area contributed by atoms with Crippen LogP contribution < -0.4 is 10.2 Å². The molecule has 3 aromatic carbocycles. The van der Waals surface area contributed by atoms with E-state index in [0.29, 0.717) is 17.8 Å². The SMILES string of the molecule is Cc1cccc(N2C(=O)/C(=C\c3ccc4c(ccn4Cc4cccc(F)c4)c3)C(=O)NC2=S)c1. The summed E-state index contributed by atoms with van der Waals surface area (Å²) in [4.78, 5) is 27.2. The summed E-state index contributed by atoms with van der Waals surface area (Å²) >= 11 is 5.27. The van der Waals surface area contributed by atoms with E-state index in [9.17, 15) is 14.0 Å². The van der Waals surface area contributed by atoms with Crippen molar-refractivity contribution < 1.29 is 14.0 Å². The number of carbonyl (C=O) groups is 2. The van der Waals surface area contributed by atoms with Crippen molar-refractivity contribution in [1.29, 1.82) is 0 Å². The van der Waals surface area contributed by atoms with E-state index in [1.54, 1.807) is 18.2 Å². The van der Waals surface area contributed by atoms with Gasteiger partial charge in [-0.2, -0.15) is 0 Å². The molecule has 4 aromatic rings. The van der Waals surface area contributed by atoms with Crippen molar-refractivity contribution in [1.82, 2.24) is 9.88 Å². The second-order valence-electron chi connectivity index (χ2n) is 8.19. The maximum absolute atomic E-state index is 13.5. The summed E-state index contributed by atoms with van der Waals surface area (Å²) in [6, 6.07) is 21.5. The standard InChI is InChI=1S/C27H20FN3O2S/c1-17-4-2-7-22(12-17)31-26(33)23(25(32)29-27(31)34)15-18-8-9-24-20(13-18)10-11-30(24)16-19-5-3-6-21(28)14-19/h2-15H,16H2,1H3,(H,29,32,34)/b23-15-. The molecule has 168 valence electrons. The molecule has 0 spiro atoms. The normalized spacial score (nSPS) is 15.3. The fraction of sp³-hybridized carbons (Fsp3) is 0.0741. The Balaban J connectivity index is 1.46. The van der Waals surface area contributed by atoms with Gasteiger partial charge in [0, 0.05) is 23.6 Å². The quantitative estimate of drug-likeness (QED) is 0.261. The molecule has 0 atom stereocenters. The Morgan fingerprint density at radius 2 is 1.82 bits per heavy atom. The summed E-state index contributed by atoms with van der Waals surface area (Å²) in [5.41, 5.74) is 4.13. The minimum Gasteiger partial charge on any atom is -0.343 e. The molecule has 1 saturated heterocycles. The first-order valence-electron chi connectivity index (χ1n) is 10.7. The number of hydrogen-bond acceptors (Lipinski definition) is 3. The highest BCUT2D eigenvalue weighted by molar-refractivity contribution is 7.80. The highest BCUT2D eigenvalue weighted by atomic mass is 32.1. The number of halogens is 1. The van der Waals surface area contributed by atoms with Gasteiger partial charge in [0.05, 0.1) is 5.69 Å². The van der Waals surface area contributed by atoms with Crippen molar-refractivity contribution in [2.75, 3.05) is 4.90 Å². The van der Waals surface area contributed by atoms with Gasteiger partial charge in [-0.1, -0.05) is 30.3 Å². The lowest BCUT2D eigenvalue weighted by Gasteiger charge is -2.29. The second kappa shape index (κ2) is 8.68. The Kier molecular flexibility index (Phi) is 5.55. The molecular formula is C27H20FN3O2S. The number of amides is 2. The molecule has 0 bridgehead atoms. The zero-order chi connectivity index (χ0) is 23.8. The van der Waals surface area contributed by atoms with Gasteiger partial charge in [0.15, 0.2) is 5.11 Å². The molecule has 0 unspecified atom stereocenters. The van der Waals surface area contributed by atoms with E-state index in [-0.39, 0.29) is 16.5 Å². The van der Waals surface area contributed by atoms with E-state index >= 15 is 0 Å². The van der Waals surface area contributed by atoms with Gasteiger partial charge in [-0.3, -0.25) is 19.8 Å². The van der Waals surface area contributed by atoms with Crippen molar-refractivity contribution in [3.63, 3.8) is 0 Å². The second-order valence-corrected chi connectivity index (χ2v) is 8.58. The Bertz CT molecular complexity index is 1500. The first-order chi connectivity index (χ1) is 16.4. The molecule has 1 N–H and O–H groups in total. The van der Waals surface area contributed by atoms with E-state index < -0.39 is 11.8 Å². The lowest BCUT2D eigenvalue weighted by molar-refractivity contribution is -0.122. The molecule has 5 nitrogen and oxygen atoms in total. The minimum absolute atomic E-state index is 0.00801. The van der Waals surface area contributed by atoms with Crippen LogP contribution in [0.5, 0.6) is 0 Å². The summed E-state index contributed by atoms with van der Waals surface area (Å²) in [7, 11) is 0. The number of hydrogen-bond donors (Lipinski definition) is 1. The summed E-state index contributed by atoms with van der Waals surface area (Å²) in [5.74, 6) is -1.26. The lowest BCUT2D eigenvalue weighted by atomic mass is 10.1. The molecule has 1 aliphatic heterocycles. The number of aryl methyl sites for hydroxylation is 1. The van der Waals surface area contributed by atoms with Crippen LogP contribution in [0.1, 0.15) is 16.7 Å². The average molecular weight is 470 g/mol. The molecule has 2 heterocycles. The number of aromatic nitrogens is 1. The molecule has 0 radical (unpaired) electrons. The number of fused-ring (bicyclic) bond motifs is 1. The van der Waals surface area contributed by atoms with E-state index in [2.05, 4.69) is 5.32 Å². The van der Waals surface area contributed by atoms with Crippen LogP contribution >= 0.6 is 12.2 Å². The molecule has 34 heavy (non-hydrogen) atoms. The van der Waals surface area contributed by atoms with Crippen LogP contribution in [0.25, 0.3) is 17.0 Å². The van der Waals surface area contributed by atoms with Gasteiger partial charge < -0.3 is 4.57 Å². The van der Waals surface area contributed by atoms with Crippen LogP contribution in [0.2, 0.25) is 0 Å². The van der Waals surface area contributed by atoms with Gasteiger partial charge in [-0.15, -0.1) is 0 Å². The van der Waals surface area contributed by atoms with E-state index in [1.807, 2.05) is 66.2 Å². The predicted molar refractivity (Wildman–Crippen MR) is 135 cm³/mol. The number of thiocarbonyl (C=S) groups is 1. The van der Waals surface area contributed by atoms with E-state index in [4.69, 9.17) is 12.2 Å². The molecule has 5 rings (SSSR count). The molecule has 1 fully saturated rings. The van der Waals surface area contributed by atoms with Crippen molar-refractivity contribution in [3.8, 4) is 0 Å². The zero-order valence-corrected chi connectivity index (χ0v) is 19.1.